The Hall–Kier alpha value is -1.86. The molecule has 0 unspecified atom stereocenters. The molecule has 0 heterocycles. The molecule has 112 valence electrons. The lowest BCUT2D eigenvalue weighted by Gasteiger charge is -2.31. The second-order valence-corrected chi connectivity index (χ2v) is 5.68. The van der Waals surface area contributed by atoms with Gasteiger partial charge in [-0.2, -0.15) is 5.26 Å². The van der Waals surface area contributed by atoms with Crippen LogP contribution in [0.4, 0.5) is 5.69 Å². The predicted octanol–water partition coefficient (Wildman–Crippen LogP) is 3.01. The highest BCUT2D eigenvalue weighted by atomic mass is 16.1. The number of benzene rings is 1. The maximum Gasteiger partial charge on any atom is 0.225 e. The van der Waals surface area contributed by atoms with Crippen LogP contribution in [-0.2, 0) is 4.79 Å². The van der Waals surface area contributed by atoms with Gasteiger partial charge in [-0.1, -0.05) is 19.4 Å². The van der Waals surface area contributed by atoms with Crippen LogP contribution in [0.3, 0.4) is 0 Å². The smallest absolute Gasteiger partial charge is 0.225 e. The zero-order valence-corrected chi connectivity index (χ0v) is 12.6. The van der Waals surface area contributed by atoms with E-state index in [9.17, 15) is 4.79 Å². The molecule has 0 saturated heterocycles. The monoisotopic (exact) mass is 285 g/mol. The summed E-state index contributed by atoms with van der Waals surface area (Å²) in [4.78, 5) is 14.3. The Morgan fingerprint density at radius 3 is 2.90 bits per heavy atom. The summed E-state index contributed by atoms with van der Waals surface area (Å²) in [5, 5.41) is 11.7. The van der Waals surface area contributed by atoms with Gasteiger partial charge < -0.3 is 10.2 Å². The first kappa shape index (κ1) is 15.5. The van der Waals surface area contributed by atoms with Gasteiger partial charge in [0.1, 0.15) is 0 Å². The van der Waals surface area contributed by atoms with Gasteiger partial charge in [0.15, 0.2) is 0 Å². The summed E-state index contributed by atoms with van der Waals surface area (Å²) in [6.45, 7) is 5.06. The van der Waals surface area contributed by atoms with Gasteiger partial charge in [0.2, 0.25) is 5.91 Å². The Morgan fingerprint density at radius 1 is 1.48 bits per heavy atom. The summed E-state index contributed by atoms with van der Waals surface area (Å²) < 4.78 is 0. The quantitative estimate of drug-likeness (QED) is 0.838. The van der Waals surface area contributed by atoms with Gasteiger partial charge in [-0.05, 0) is 43.5 Å². The lowest BCUT2D eigenvalue weighted by Crippen LogP contribution is -2.34. The molecule has 0 aliphatic heterocycles. The van der Waals surface area contributed by atoms with E-state index in [1.165, 1.54) is 19.3 Å². The zero-order chi connectivity index (χ0) is 15.1. The molecule has 21 heavy (non-hydrogen) atoms. The lowest BCUT2D eigenvalue weighted by molar-refractivity contribution is -0.116. The molecule has 0 spiro atoms. The van der Waals surface area contributed by atoms with Crippen LogP contribution in [0.5, 0.6) is 0 Å². The van der Waals surface area contributed by atoms with Gasteiger partial charge in [0.05, 0.1) is 11.6 Å². The van der Waals surface area contributed by atoms with E-state index >= 15 is 0 Å². The van der Waals surface area contributed by atoms with E-state index in [-0.39, 0.29) is 5.91 Å². The van der Waals surface area contributed by atoms with Crippen LogP contribution in [-0.4, -0.2) is 30.4 Å². The van der Waals surface area contributed by atoms with Crippen molar-refractivity contribution in [2.45, 2.75) is 32.6 Å². The molecule has 1 aliphatic carbocycles. The number of nitrogens with one attached hydrogen (secondary N) is 1. The number of anilines is 1. The van der Waals surface area contributed by atoms with Crippen molar-refractivity contribution in [1.82, 2.24) is 4.90 Å². The fourth-order valence-corrected chi connectivity index (χ4v) is 2.57. The first-order valence-electron chi connectivity index (χ1n) is 7.73. The third kappa shape index (κ3) is 4.87. The van der Waals surface area contributed by atoms with Crippen molar-refractivity contribution in [2.75, 3.05) is 25.0 Å². The Balaban J connectivity index is 1.76. The van der Waals surface area contributed by atoms with E-state index in [0.29, 0.717) is 17.7 Å². The van der Waals surface area contributed by atoms with Gasteiger partial charge >= 0.3 is 0 Å². The van der Waals surface area contributed by atoms with Crippen molar-refractivity contribution in [3.8, 4) is 6.07 Å². The predicted molar refractivity (Wildman–Crippen MR) is 83.9 cm³/mol. The summed E-state index contributed by atoms with van der Waals surface area (Å²) in [7, 11) is 0. The first-order valence-corrected chi connectivity index (χ1v) is 7.73. The summed E-state index contributed by atoms with van der Waals surface area (Å²) >= 11 is 0. The molecule has 0 bridgehead atoms. The second-order valence-electron chi connectivity index (χ2n) is 5.68. The minimum absolute atomic E-state index is 0.0112. The maximum absolute atomic E-state index is 12.0. The molecule has 1 amide bonds. The molecule has 4 nitrogen and oxygen atoms in total. The highest BCUT2D eigenvalue weighted by Gasteiger charge is 2.20. The molecule has 0 aromatic heterocycles. The Morgan fingerprint density at radius 2 is 2.29 bits per heavy atom. The average Bonchev–Trinajstić information content (AvgIpc) is 2.45. The molecular formula is C17H23N3O. The fourth-order valence-electron chi connectivity index (χ4n) is 2.57. The van der Waals surface area contributed by atoms with E-state index < -0.39 is 0 Å². The number of amides is 1. The van der Waals surface area contributed by atoms with Crippen molar-refractivity contribution in [3.63, 3.8) is 0 Å². The SMILES string of the molecule is CCN(CCC(=O)Nc1cccc(C#N)c1)CC1CCC1. The maximum atomic E-state index is 12.0. The van der Waals surface area contributed by atoms with Crippen LogP contribution in [0.1, 0.15) is 38.2 Å². The minimum Gasteiger partial charge on any atom is -0.326 e. The molecule has 2 rings (SSSR count). The van der Waals surface area contributed by atoms with Gasteiger partial charge in [0, 0.05) is 25.2 Å². The molecule has 1 N–H and O–H groups in total. The van der Waals surface area contributed by atoms with Gasteiger partial charge in [-0.15, -0.1) is 0 Å². The van der Waals surface area contributed by atoms with E-state index in [1.54, 1.807) is 18.2 Å². The van der Waals surface area contributed by atoms with Gasteiger partial charge in [0.25, 0.3) is 0 Å². The minimum atomic E-state index is 0.0112. The first-order chi connectivity index (χ1) is 10.2. The van der Waals surface area contributed by atoms with Gasteiger partial charge in [-0.25, -0.2) is 0 Å². The summed E-state index contributed by atoms with van der Waals surface area (Å²) in [6, 6.07) is 9.09. The van der Waals surface area contributed by atoms with Crippen LogP contribution in [0.25, 0.3) is 0 Å². The lowest BCUT2D eigenvalue weighted by atomic mass is 9.85. The van der Waals surface area contributed by atoms with E-state index in [4.69, 9.17) is 5.26 Å². The molecule has 0 radical (unpaired) electrons. The number of nitrogens with zero attached hydrogens (tertiary/aromatic N) is 2. The Bertz CT molecular complexity index is 517. The molecule has 4 heteroatoms. The largest absolute Gasteiger partial charge is 0.326 e. The normalized spacial score (nSPS) is 14.5. The Kier molecular flexibility index (Phi) is 5.77. The molecule has 1 saturated carbocycles. The molecule has 0 atom stereocenters. The van der Waals surface area contributed by atoms with Crippen molar-refractivity contribution in [3.05, 3.63) is 29.8 Å². The topological polar surface area (TPSA) is 56.1 Å². The van der Waals surface area contributed by atoms with Gasteiger partial charge in [-0.3, -0.25) is 4.79 Å². The molecule has 1 aliphatic rings. The average molecular weight is 285 g/mol. The van der Waals surface area contributed by atoms with Crippen LogP contribution in [0.2, 0.25) is 0 Å². The van der Waals surface area contributed by atoms with E-state index in [1.807, 2.05) is 6.07 Å². The van der Waals surface area contributed by atoms with E-state index in [2.05, 4.69) is 23.2 Å². The zero-order valence-electron chi connectivity index (χ0n) is 12.6. The number of rotatable bonds is 7. The summed E-state index contributed by atoms with van der Waals surface area (Å²) in [5.41, 5.74) is 1.26. The number of hydrogen-bond acceptors (Lipinski definition) is 3. The van der Waals surface area contributed by atoms with Crippen LogP contribution in [0, 0.1) is 17.2 Å². The highest BCUT2D eigenvalue weighted by molar-refractivity contribution is 5.90. The molecule has 1 fully saturated rings. The third-order valence-electron chi connectivity index (χ3n) is 4.12. The van der Waals surface area contributed by atoms with Crippen LogP contribution in [0.15, 0.2) is 24.3 Å². The number of hydrogen-bond donors (Lipinski definition) is 1. The summed E-state index contributed by atoms with van der Waals surface area (Å²) in [6.07, 6.45) is 4.53. The summed E-state index contributed by atoms with van der Waals surface area (Å²) in [5.74, 6) is 0.845. The Labute approximate surface area is 126 Å². The standard InChI is InChI=1S/C17H23N3O/c1-2-20(13-14-5-3-6-14)10-9-17(21)19-16-8-4-7-15(11-16)12-18/h4,7-8,11,14H,2-3,5-6,9-10,13H2,1H3,(H,19,21). The fraction of sp³-hybridized carbons (Fsp3) is 0.529. The third-order valence-corrected chi connectivity index (χ3v) is 4.12. The number of nitriles is 1. The molecule has 1 aromatic carbocycles. The number of carbonyl (C=O) groups is 1. The second kappa shape index (κ2) is 7.80. The van der Waals surface area contributed by atoms with E-state index in [0.717, 1.165) is 25.6 Å². The highest BCUT2D eigenvalue weighted by Crippen LogP contribution is 2.27. The van der Waals surface area contributed by atoms with Crippen molar-refractivity contribution in [1.29, 1.82) is 5.26 Å². The number of carbonyl (C=O) groups excluding carboxylic acids is 1. The van der Waals surface area contributed by atoms with Crippen LogP contribution >= 0.6 is 0 Å². The van der Waals surface area contributed by atoms with Crippen molar-refractivity contribution >= 4 is 11.6 Å². The van der Waals surface area contributed by atoms with Crippen LogP contribution < -0.4 is 5.32 Å². The molecular weight excluding hydrogens is 262 g/mol. The molecule has 1 aromatic rings. The van der Waals surface area contributed by atoms with Crippen molar-refractivity contribution < 1.29 is 4.79 Å². The van der Waals surface area contributed by atoms with Crippen molar-refractivity contribution in [2.24, 2.45) is 5.92 Å².